The van der Waals surface area contributed by atoms with Crippen LogP contribution in [0.5, 0.6) is 11.5 Å². The van der Waals surface area contributed by atoms with Gasteiger partial charge in [-0.3, -0.25) is 4.79 Å². The van der Waals surface area contributed by atoms with Crippen LogP contribution in [-0.4, -0.2) is 101 Å². The van der Waals surface area contributed by atoms with E-state index in [1.54, 1.807) is 12.1 Å². The molecule has 11 heteroatoms. The second-order valence-electron chi connectivity index (χ2n) is 16.6. The summed E-state index contributed by atoms with van der Waals surface area (Å²) in [6.07, 6.45) is 14.9. The first-order chi connectivity index (χ1) is 26.1. The zero-order valence-electron chi connectivity index (χ0n) is 32.9. The van der Waals surface area contributed by atoms with Gasteiger partial charge in [-0.25, -0.2) is 0 Å². The number of carbonyl (C=O) groups is 1. The van der Waals surface area contributed by atoms with Gasteiger partial charge in [0.05, 0.1) is 38.1 Å². The van der Waals surface area contributed by atoms with Crippen LogP contribution in [-0.2, 0) is 19.1 Å². The molecule has 1 amide bonds. The van der Waals surface area contributed by atoms with Crippen molar-refractivity contribution in [2.75, 3.05) is 46.2 Å². The molecule has 302 valence electrons. The van der Waals surface area contributed by atoms with Gasteiger partial charge in [0.25, 0.3) is 0 Å². The Labute approximate surface area is 322 Å². The van der Waals surface area contributed by atoms with Gasteiger partial charge in [0.2, 0.25) is 11.7 Å². The maximum atomic E-state index is 14.7. The van der Waals surface area contributed by atoms with Crippen LogP contribution in [0.3, 0.4) is 0 Å². The third-order valence-electron chi connectivity index (χ3n) is 11.7. The van der Waals surface area contributed by atoms with Crippen LogP contribution >= 0.6 is 0 Å². The molecule has 2 fully saturated rings. The summed E-state index contributed by atoms with van der Waals surface area (Å²) in [5, 5.41) is 44.9. The number of allylic oxidation sites excluding steroid dienone is 1. The molecule has 0 saturated heterocycles. The first kappa shape index (κ1) is 42.2. The lowest BCUT2D eigenvalue weighted by molar-refractivity contribution is -0.258. The van der Waals surface area contributed by atoms with Crippen molar-refractivity contribution in [3.8, 4) is 11.5 Å². The Kier molecular flexibility index (Phi) is 15.4. The Balaban J connectivity index is 1.72. The first-order valence-corrected chi connectivity index (χ1v) is 20.5. The largest absolute Gasteiger partial charge is 0.508 e. The van der Waals surface area contributed by atoms with Crippen molar-refractivity contribution in [3.63, 3.8) is 0 Å². The number of rotatable bonds is 21. The van der Waals surface area contributed by atoms with Crippen LogP contribution < -0.4 is 4.74 Å². The summed E-state index contributed by atoms with van der Waals surface area (Å²) < 4.78 is 20.0. The van der Waals surface area contributed by atoms with Gasteiger partial charge < -0.3 is 44.4 Å². The number of benzene rings is 1. The van der Waals surface area contributed by atoms with Gasteiger partial charge in [-0.15, -0.1) is 6.58 Å². The molecule has 0 radical (unpaired) electrons. The van der Waals surface area contributed by atoms with Gasteiger partial charge in [0.15, 0.2) is 0 Å². The van der Waals surface area contributed by atoms with E-state index in [0.717, 1.165) is 61.8 Å². The highest BCUT2D eigenvalue weighted by atomic mass is 16.7. The van der Waals surface area contributed by atoms with Crippen LogP contribution in [0.2, 0.25) is 0 Å². The number of aromatic hydroxyl groups is 1. The number of hydrogen-bond acceptors (Lipinski definition) is 10. The molecule has 6 atom stereocenters. The Bertz CT molecular complexity index is 1430. The lowest BCUT2D eigenvalue weighted by Gasteiger charge is -2.60. The SMILES string of the molecule is C=CCOC12Oc3ccc(O)cc3C3C(CCCCO)C(CCCCO)C=C(C(=NOC(C)(C)C)CC1N(CCOCCO)C(=O)CCC1CCCC1)C32. The maximum absolute atomic E-state index is 14.7. The van der Waals surface area contributed by atoms with Gasteiger partial charge in [0.1, 0.15) is 23.1 Å². The number of unbranched alkanes of at least 4 members (excludes halogenated alkanes) is 2. The second kappa shape index (κ2) is 19.8. The predicted octanol–water partition coefficient (Wildman–Crippen LogP) is 6.63. The van der Waals surface area contributed by atoms with Crippen molar-refractivity contribution in [1.82, 2.24) is 4.90 Å². The smallest absolute Gasteiger partial charge is 0.239 e. The molecular formula is C43H66N2O9. The molecule has 0 spiro atoms. The third kappa shape index (κ3) is 10.1. The van der Waals surface area contributed by atoms with Gasteiger partial charge in [-0.2, -0.15) is 0 Å². The van der Waals surface area contributed by atoms with Crippen molar-refractivity contribution >= 4 is 11.6 Å². The highest BCUT2D eigenvalue weighted by Gasteiger charge is 2.65. The fourth-order valence-electron chi connectivity index (χ4n) is 9.40. The zero-order valence-corrected chi connectivity index (χ0v) is 32.9. The van der Waals surface area contributed by atoms with E-state index in [1.807, 2.05) is 37.8 Å². The van der Waals surface area contributed by atoms with E-state index in [2.05, 4.69) is 12.7 Å². The summed E-state index contributed by atoms with van der Waals surface area (Å²) >= 11 is 0. The lowest BCUT2D eigenvalue weighted by Crippen LogP contribution is -2.70. The van der Waals surface area contributed by atoms with Crippen LogP contribution in [0.1, 0.15) is 116 Å². The maximum Gasteiger partial charge on any atom is 0.239 e. The standard InChI is InChI=1S/C43H66N2O9/c1-5-24-52-43-38(45(20-25-51-26-23-48)39(50)19-16-30-12-6-7-13-30)29-36(44-54-42(2,3)4)34-27-31(14-8-10-21-46)33(15-9-11-22-47)40(41(34)43)35-28-32(49)17-18-37(35)53-43/h5,17-18,27-28,30-31,33,38,40-41,46-49H,1,6-16,19-26,29H2,2-4H3. The van der Waals surface area contributed by atoms with Crippen LogP contribution in [0.4, 0.5) is 0 Å². The minimum atomic E-state index is -1.36. The molecule has 11 nitrogen and oxygen atoms in total. The number of ether oxygens (including phenoxy) is 3. The summed E-state index contributed by atoms with van der Waals surface area (Å²) in [5.41, 5.74) is 2.00. The highest BCUT2D eigenvalue weighted by Crippen LogP contribution is 2.62. The first-order valence-electron chi connectivity index (χ1n) is 20.5. The molecule has 3 aliphatic carbocycles. The molecule has 1 aromatic rings. The van der Waals surface area contributed by atoms with Gasteiger partial charge in [-0.1, -0.05) is 55.8 Å². The number of fused-ring (bicyclic) bond motifs is 2. The molecule has 0 aromatic heterocycles. The molecule has 1 aromatic carbocycles. The van der Waals surface area contributed by atoms with Crippen molar-refractivity contribution in [2.24, 2.45) is 28.8 Å². The number of phenols is 1. The van der Waals surface area contributed by atoms with Gasteiger partial charge in [0, 0.05) is 44.1 Å². The molecule has 4 N–H and O–H groups in total. The number of phenolic OH excluding ortho intramolecular Hbond substituents is 1. The van der Waals surface area contributed by atoms with Crippen molar-refractivity contribution in [2.45, 2.75) is 128 Å². The molecule has 1 heterocycles. The Morgan fingerprint density at radius 2 is 1.78 bits per heavy atom. The summed E-state index contributed by atoms with van der Waals surface area (Å²) in [5.74, 6) is -0.558. The van der Waals surface area contributed by atoms with Crippen LogP contribution in [0.15, 0.2) is 47.7 Å². The van der Waals surface area contributed by atoms with Crippen LogP contribution in [0.25, 0.3) is 0 Å². The Morgan fingerprint density at radius 3 is 2.46 bits per heavy atom. The molecule has 54 heavy (non-hydrogen) atoms. The summed E-state index contributed by atoms with van der Waals surface area (Å²) in [4.78, 5) is 22.8. The fraction of sp³-hybridized carbons (Fsp3) is 0.721. The average Bonchev–Trinajstić information content (AvgIpc) is 3.67. The summed E-state index contributed by atoms with van der Waals surface area (Å²) in [6.45, 7) is 10.8. The van der Waals surface area contributed by atoms with Crippen LogP contribution in [0, 0.1) is 23.7 Å². The molecule has 2 saturated carbocycles. The zero-order chi connectivity index (χ0) is 38.7. The van der Waals surface area contributed by atoms with Crippen molar-refractivity contribution in [1.29, 1.82) is 0 Å². The average molecular weight is 755 g/mol. The topological polar surface area (TPSA) is 151 Å². The molecule has 4 aliphatic rings. The van der Waals surface area contributed by atoms with E-state index in [-0.39, 0.29) is 75.6 Å². The Hall–Kier alpha value is -2.96. The minimum absolute atomic E-state index is 0.00145. The number of aliphatic hydroxyl groups excluding tert-OH is 3. The van der Waals surface area contributed by atoms with E-state index in [0.29, 0.717) is 37.4 Å². The van der Waals surface area contributed by atoms with E-state index in [9.17, 15) is 25.2 Å². The normalized spacial score (nSPS) is 27.2. The molecule has 1 aliphatic heterocycles. The van der Waals surface area contributed by atoms with E-state index in [1.165, 1.54) is 12.8 Å². The van der Waals surface area contributed by atoms with E-state index in [4.69, 9.17) is 24.2 Å². The molecule has 6 unspecified atom stereocenters. The highest BCUT2D eigenvalue weighted by molar-refractivity contribution is 6.03. The number of hydrogen-bond donors (Lipinski definition) is 4. The van der Waals surface area contributed by atoms with E-state index >= 15 is 0 Å². The number of nitrogens with zero attached hydrogens (tertiary/aromatic N) is 2. The lowest BCUT2D eigenvalue weighted by atomic mass is 9.55. The number of aliphatic hydroxyl groups is 3. The molecular weight excluding hydrogens is 688 g/mol. The molecule has 5 rings (SSSR count). The summed E-state index contributed by atoms with van der Waals surface area (Å²) in [6, 6.07) is 4.62. The number of amides is 1. The number of carbonyl (C=O) groups excluding carboxylic acids is 1. The van der Waals surface area contributed by atoms with Gasteiger partial charge in [-0.05, 0) is 94.4 Å². The Morgan fingerprint density at radius 1 is 1.04 bits per heavy atom. The predicted molar refractivity (Wildman–Crippen MR) is 208 cm³/mol. The minimum Gasteiger partial charge on any atom is -0.508 e. The van der Waals surface area contributed by atoms with Crippen molar-refractivity contribution < 1.29 is 44.3 Å². The molecule has 0 bridgehead atoms. The third-order valence-corrected chi connectivity index (χ3v) is 11.7. The second-order valence-corrected chi connectivity index (χ2v) is 16.6. The van der Waals surface area contributed by atoms with Gasteiger partial charge >= 0.3 is 0 Å². The quantitative estimate of drug-likeness (QED) is 0.0616. The summed E-state index contributed by atoms with van der Waals surface area (Å²) in [7, 11) is 0. The van der Waals surface area contributed by atoms with Crippen molar-refractivity contribution in [3.05, 3.63) is 48.1 Å². The van der Waals surface area contributed by atoms with E-state index < -0.39 is 23.3 Å². The monoisotopic (exact) mass is 754 g/mol. The fourth-order valence-corrected chi connectivity index (χ4v) is 9.40. The number of oxime groups is 1.